The first-order chi connectivity index (χ1) is 9.92. The van der Waals surface area contributed by atoms with E-state index in [9.17, 15) is 9.59 Å². The van der Waals surface area contributed by atoms with Crippen LogP contribution in [-0.4, -0.2) is 55.6 Å². The number of quaternary nitrogens is 1. The molecule has 1 aromatic rings. The zero-order chi connectivity index (χ0) is 15.5. The maximum atomic E-state index is 12.4. The summed E-state index contributed by atoms with van der Waals surface area (Å²) in [6, 6.07) is 6.85. The molecule has 0 radical (unpaired) electrons. The minimum Gasteiger partial charge on any atom is -1.00 e. The van der Waals surface area contributed by atoms with Crippen LogP contribution < -0.4 is 22.3 Å². The number of amides is 1. The SMILES string of the molecule is CC(=O)c1ccc(NC(=O)C(C)[N+]2(C)CCOCC2)cc1.[Br-]. The number of nitrogens with zero attached hydrogens (tertiary/aromatic N) is 1. The van der Waals surface area contributed by atoms with Crippen LogP contribution in [0.4, 0.5) is 5.69 Å². The van der Waals surface area contributed by atoms with Crippen LogP contribution >= 0.6 is 0 Å². The van der Waals surface area contributed by atoms with Crippen LogP contribution in [0.15, 0.2) is 24.3 Å². The van der Waals surface area contributed by atoms with Crippen LogP contribution in [0, 0.1) is 0 Å². The lowest BCUT2D eigenvalue weighted by Gasteiger charge is -2.41. The van der Waals surface area contributed by atoms with Crippen LogP contribution in [0.25, 0.3) is 0 Å². The number of carbonyl (C=O) groups excluding carboxylic acids is 2. The van der Waals surface area contributed by atoms with Crippen molar-refractivity contribution in [1.82, 2.24) is 0 Å². The summed E-state index contributed by atoms with van der Waals surface area (Å²) in [5, 5.41) is 2.92. The van der Waals surface area contributed by atoms with Crippen LogP contribution in [0.1, 0.15) is 24.2 Å². The molecule has 1 aromatic carbocycles. The highest BCUT2D eigenvalue weighted by molar-refractivity contribution is 5.96. The highest BCUT2D eigenvalue weighted by atomic mass is 79.9. The topological polar surface area (TPSA) is 55.4 Å². The van der Waals surface area contributed by atoms with E-state index < -0.39 is 0 Å². The zero-order valence-electron chi connectivity index (χ0n) is 13.3. The summed E-state index contributed by atoms with van der Waals surface area (Å²) >= 11 is 0. The highest BCUT2D eigenvalue weighted by Crippen LogP contribution is 2.16. The van der Waals surface area contributed by atoms with Gasteiger partial charge in [-0.15, -0.1) is 0 Å². The highest BCUT2D eigenvalue weighted by Gasteiger charge is 2.36. The second kappa shape index (κ2) is 7.85. The van der Waals surface area contributed by atoms with E-state index in [4.69, 9.17) is 4.74 Å². The van der Waals surface area contributed by atoms with Gasteiger partial charge >= 0.3 is 0 Å². The molecule has 0 spiro atoms. The molecule has 1 atom stereocenters. The quantitative estimate of drug-likeness (QED) is 0.529. The van der Waals surface area contributed by atoms with E-state index in [1.807, 2.05) is 6.92 Å². The minimum atomic E-state index is -0.138. The van der Waals surface area contributed by atoms with Crippen molar-refractivity contribution in [3.05, 3.63) is 29.8 Å². The summed E-state index contributed by atoms with van der Waals surface area (Å²) in [7, 11) is 2.09. The fourth-order valence-electron chi connectivity index (χ4n) is 2.47. The predicted molar refractivity (Wildman–Crippen MR) is 81.3 cm³/mol. The molecule has 2 rings (SSSR count). The van der Waals surface area contributed by atoms with E-state index in [1.54, 1.807) is 24.3 Å². The van der Waals surface area contributed by atoms with Gasteiger partial charge in [-0.05, 0) is 38.1 Å². The lowest BCUT2D eigenvalue weighted by Crippen LogP contribution is -3.00. The summed E-state index contributed by atoms with van der Waals surface area (Å²) in [6.45, 7) is 6.56. The Kier molecular flexibility index (Phi) is 6.71. The Bertz CT molecular complexity index is 525. The first-order valence-corrected chi connectivity index (χ1v) is 7.26. The van der Waals surface area contributed by atoms with Gasteiger partial charge in [0.05, 0.1) is 20.3 Å². The van der Waals surface area contributed by atoms with Crippen molar-refractivity contribution in [1.29, 1.82) is 0 Å². The largest absolute Gasteiger partial charge is 1.00 e. The number of anilines is 1. The number of hydrogen-bond donors (Lipinski definition) is 1. The predicted octanol–water partition coefficient (Wildman–Crippen LogP) is -1.30. The van der Waals surface area contributed by atoms with Crippen molar-refractivity contribution in [2.75, 3.05) is 38.7 Å². The van der Waals surface area contributed by atoms with Crippen molar-refractivity contribution in [3.8, 4) is 0 Å². The Morgan fingerprint density at radius 2 is 1.73 bits per heavy atom. The maximum absolute atomic E-state index is 12.4. The standard InChI is InChI=1S/C16H22N2O3.BrH/c1-12(18(3)8-10-21-11-9-18)16(20)17-15-6-4-14(5-7-15)13(2)19;/h4-7,12H,8-11H2,1-3H3;1H. The third-order valence-electron chi connectivity index (χ3n) is 4.37. The van der Waals surface area contributed by atoms with Crippen LogP contribution in [-0.2, 0) is 9.53 Å². The third-order valence-corrected chi connectivity index (χ3v) is 4.37. The van der Waals surface area contributed by atoms with E-state index in [2.05, 4.69) is 12.4 Å². The number of ketones is 1. The molecule has 6 heteroatoms. The fourth-order valence-corrected chi connectivity index (χ4v) is 2.47. The van der Waals surface area contributed by atoms with Gasteiger partial charge in [0.2, 0.25) is 0 Å². The summed E-state index contributed by atoms with van der Waals surface area (Å²) < 4.78 is 6.06. The van der Waals surface area contributed by atoms with Gasteiger partial charge < -0.3 is 31.5 Å². The van der Waals surface area contributed by atoms with Crippen LogP contribution in [0.3, 0.4) is 0 Å². The summed E-state index contributed by atoms with van der Waals surface area (Å²) in [5.74, 6) is 0.0163. The molecule has 1 N–H and O–H groups in total. The molecule has 0 saturated carbocycles. The number of morpholine rings is 1. The molecule has 5 nitrogen and oxygen atoms in total. The van der Waals surface area contributed by atoms with E-state index in [-0.39, 0.29) is 34.7 Å². The summed E-state index contributed by atoms with van der Waals surface area (Å²) in [4.78, 5) is 23.6. The minimum absolute atomic E-state index is 0. The smallest absolute Gasteiger partial charge is 0.282 e. The Balaban J connectivity index is 0.00000242. The van der Waals surface area contributed by atoms with Crippen molar-refractivity contribution >= 4 is 17.4 Å². The molecule has 1 heterocycles. The Hall–Kier alpha value is -1.24. The molecule has 0 aliphatic carbocycles. The number of rotatable bonds is 4. The number of hydrogen-bond acceptors (Lipinski definition) is 3. The van der Waals surface area contributed by atoms with E-state index in [1.165, 1.54) is 6.92 Å². The lowest BCUT2D eigenvalue weighted by atomic mass is 10.1. The molecule has 0 aromatic heterocycles. The molecule has 22 heavy (non-hydrogen) atoms. The third kappa shape index (κ3) is 4.38. The molecule has 1 amide bonds. The van der Waals surface area contributed by atoms with Gasteiger partial charge in [0, 0.05) is 11.3 Å². The fraction of sp³-hybridized carbons (Fsp3) is 0.500. The number of likely N-dealkylation sites (N-methyl/N-ethyl adjacent to an activating group) is 1. The molecular weight excluding hydrogens is 348 g/mol. The van der Waals surface area contributed by atoms with E-state index in [0.29, 0.717) is 23.3 Å². The van der Waals surface area contributed by atoms with Crippen molar-refractivity contribution in [3.63, 3.8) is 0 Å². The number of nitrogens with one attached hydrogen (secondary N) is 1. The number of Topliss-reactive ketones (excluding diaryl/α,β-unsaturated/α-hetero) is 1. The van der Waals surface area contributed by atoms with E-state index >= 15 is 0 Å². The molecular formula is C16H23BrN2O3. The van der Waals surface area contributed by atoms with Crippen LogP contribution in [0.2, 0.25) is 0 Å². The van der Waals surface area contributed by atoms with Crippen molar-refractivity contribution in [2.24, 2.45) is 0 Å². The van der Waals surface area contributed by atoms with Gasteiger partial charge in [0.25, 0.3) is 5.91 Å². The molecule has 1 saturated heterocycles. The molecule has 122 valence electrons. The first-order valence-electron chi connectivity index (χ1n) is 7.26. The monoisotopic (exact) mass is 370 g/mol. The molecule has 0 bridgehead atoms. The zero-order valence-corrected chi connectivity index (χ0v) is 14.9. The van der Waals surface area contributed by atoms with E-state index in [0.717, 1.165) is 18.8 Å². The van der Waals surface area contributed by atoms with Crippen molar-refractivity contribution in [2.45, 2.75) is 19.9 Å². The van der Waals surface area contributed by atoms with Crippen LogP contribution in [0.5, 0.6) is 0 Å². The second-order valence-corrected chi connectivity index (χ2v) is 5.84. The number of carbonyl (C=O) groups is 2. The molecule has 1 aliphatic heterocycles. The maximum Gasteiger partial charge on any atom is 0.282 e. The molecule has 1 aliphatic rings. The second-order valence-electron chi connectivity index (χ2n) is 5.84. The number of ether oxygens (including phenoxy) is 1. The van der Waals surface area contributed by atoms with Gasteiger partial charge in [0.15, 0.2) is 11.8 Å². The Morgan fingerprint density at radius 1 is 1.18 bits per heavy atom. The van der Waals surface area contributed by atoms with Gasteiger partial charge in [-0.25, -0.2) is 0 Å². The van der Waals surface area contributed by atoms with Gasteiger partial charge in [0.1, 0.15) is 13.1 Å². The average molecular weight is 371 g/mol. The first kappa shape index (κ1) is 18.8. The normalized spacial score (nSPS) is 18.0. The van der Waals surface area contributed by atoms with Crippen molar-refractivity contribution < 1.29 is 35.8 Å². The Labute approximate surface area is 142 Å². The molecule has 1 unspecified atom stereocenters. The Morgan fingerprint density at radius 3 is 2.23 bits per heavy atom. The van der Waals surface area contributed by atoms with Gasteiger partial charge in [-0.2, -0.15) is 0 Å². The van der Waals surface area contributed by atoms with Gasteiger partial charge in [-0.3, -0.25) is 9.59 Å². The summed E-state index contributed by atoms with van der Waals surface area (Å²) in [5.41, 5.74) is 1.37. The molecule has 1 fully saturated rings. The average Bonchev–Trinajstić information content (AvgIpc) is 2.47. The number of benzene rings is 1. The summed E-state index contributed by atoms with van der Waals surface area (Å²) in [6.07, 6.45) is 0. The van der Waals surface area contributed by atoms with Gasteiger partial charge in [-0.1, -0.05) is 0 Å². The lowest BCUT2D eigenvalue weighted by molar-refractivity contribution is -0.929. The number of halogens is 1.